The highest BCUT2D eigenvalue weighted by atomic mass is 14.9. The Bertz CT molecular complexity index is 508. The van der Waals surface area contributed by atoms with Gasteiger partial charge in [-0.2, -0.15) is 0 Å². The minimum Gasteiger partial charge on any atom is -0.342 e. The normalized spacial score (nSPS) is 12.2. The second-order valence-corrected chi connectivity index (χ2v) is 5.27. The Balaban J connectivity index is 2.04. The first kappa shape index (κ1) is 12.1. The number of aromatic amines is 1. The molecule has 0 spiro atoms. The van der Waals surface area contributed by atoms with Gasteiger partial charge in [0.15, 0.2) is 0 Å². The third-order valence-corrected chi connectivity index (χ3v) is 2.57. The fraction of sp³-hybridized carbons (Fsp3) is 0.462. The van der Waals surface area contributed by atoms with Gasteiger partial charge in [0, 0.05) is 18.6 Å². The molecule has 0 aliphatic rings. The van der Waals surface area contributed by atoms with E-state index in [1.807, 2.05) is 26.8 Å². The predicted molar refractivity (Wildman–Crippen MR) is 70.8 cm³/mol. The summed E-state index contributed by atoms with van der Waals surface area (Å²) >= 11 is 0. The summed E-state index contributed by atoms with van der Waals surface area (Å²) in [5, 5.41) is 3.35. The number of aromatic nitrogens is 2. The molecular formula is C13H20N4. The van der Waals surface area contributed by atoms with Crippen molar-refractivity contribution < 1.29 is 0 Å². The van der Waals surface area contributed by atoms with Crippen molar-refractivity contribution in [3.63, 3.8) is 0 Å². The third kappa shape index (κ3) is 3.28. The van der Waals surface area contributed by atoms with Crippen molar-refractivity contribution in [3.05, 3.63) is 29.6 Å². The Kier molecular flexibility index (Phi) is 3.17. The molecule has 1 heterocycles. The molecule has 0 atom stereocenters. The summed E-state index contributed by atoms with van der Waals surface area (Å²) in [7, 11) is 0. The summed E-state index contributed by atoms with van der Waals surface area (Å²) < 4.78 is 0. The number of H-pyrrole nitrogens is 1. The summed E-state index contributed by atoms with van der Waals surface area (Å²) in [4.78, 5) is 7.62. The number of fused-ring (bicyclic) bond motifs is 1. The summed E-state index contributed by atoms with van der Waals surface area (Å²) in [6.45, 7) is 7.62. The molecule has 4 heteroatoms. The number of nitrogens with two attached hydrogens (primary N) is 1. The summed E-state index contributed by atoms with van der Waals surface area (Å²) in [5.41, 5.74) is 9.09. The molecule has 0 aliphatic heterocycles. The van der Waals surface area contributed by atoms with E-state index in [0.717, 1.165) is 29.9 Å². The highest BCUT2D eigenvalue weighted by Gasteiger charge is 2.09. The molecule has 4 nitrogen and oxygen atoms in total. The Morgan fingerprint density at radius 3 is 2.88 bits per heavy atom. The first-order valence-electron chi connectivity index (χ1n) is 5.89. The van der Waals surface area contributed by atoms with Gasteiger partial charge >= 0.3 is 0 Å². The predicted octanol–water partition coefficient (Wildman–Crippen LogP) is 1.70. The SMILES string of the molecule is Cc1nc2ccc(CNCC(C)(C)N)cc2[nH]1. The van der Waals surface area contributed by atoms with Crippen LogP contribution in [0, 0.1) is 6.92 Å². The van der Waals surface area contributed by atoms with E-state index < -0.39 is 0 Å². The lowest BCUT2D eigenvalue weighted by atomic mass is 10.1. The highest BCUT2D eigenvalue weighted by molar-refractivity contribution is 5.75. The second-order valence-electron chi connectivity index (χ2n) is 5.27. The molecule has 0 unspecified atom stereocenters. The van der Waals surface area contributed by atoms with Gasteiger partial charge in [0.25, 0.3) is 0 Å². The van der Waals surface area contributed by atoms with E-state index in [4.69, 9.17) is 5.73 Å². The van der Waals surface area contributed by atoms with Crippen molar-refractivity contribution in [1.29, 1.82) is 0 Å². The van der Waals surface area contributed by atoms with Crippen LogP contribution < -0.4 is 11.1 Å². The fourth-order valence-corrected chi connectivity index (χ4v) is 1.82. The van der Waals surface area contributed by atoms with Gasteiger partial charge in [0.05, 0.1) is 11.0 Å². The van der Waals surface area contributed by atoms with Crippen LogP contribution >= 0.6 is 0 Å². The maximum Gasteiger partial charge on any atom is 0.104 e. The lowest BCUT2D eigenvalue weighted by Crippen LogP contribution is -2.42. The molecule has 92 valence electrons. The number of hydrogen-bond acceptors (Lipinski definition) is 3. The smallest absolute Gasteiger partial charge is 0.104 e. The standard InChI is InChI=1S/C13H20N4/c1-9-16-11-5-4-10(6-12(11)17-9)7-15-8-13(2,3)14/h4-6,15H,7-8,14H2,1-3H3,(H,16,17). The zero-order valence-electron chi connectivity index (χ0n) is 10.7. The van der Waals surface area contributed by atoms with Gasteiger partial charge < -0.3 is 16.0 Å². The lowest BCUT2D eigenvalue weighted by Gasteiger charge is -2.18. The molecule has 0 radical (unpaired) electrons. The van der Waals surface area contributed by atoms with E-state index in [-0.39, 0.29) is 5.54 Å². The van der Waals surface area contributed by atoms with Crippen molar-refractivity contribution in [1.82, 2.24) is 15.3 Å². The second kappa shape index (κ2) is 4.47. The van der Waals surface area contributed by atoms with Crippen LogP contribution in [0.3, 0.4) is 0 Å². The Hall–Kier alpha value is -1.39. The van der Waals surface area contributed by atoms with Crippen LogP contribution in [0.25, 0.3) is 11.0 Å². The van der Waals surface area contributed by atoms with Crippen LogP contribution in [-0.2, 0) is 6.54 Å². The first-order valence-corrected chi connectivity index (χ1v) is 5.89. The third-order valence-electron chi connectivity index (χ3n) is 2.57. The van der Waals surface area contributed by atoms with Gasteiger partial charge in [-0.15, -0.1) is 0 Å². The van der Waals surface area contributed by atoms with E-state index in [1.54, 1.807) is 0 Å². The Morgan fingerprint density at radius 1 is 1.41 bits per heavy atom. The summed E-state index contributed by atoms with van der Waals surface area (Å²) in [6, 6.07) is 6.27. The molecule has 1 aromatic heterocycles. The van der Waals surface area contributed by atoms with E-state index in [1.165, 1.54) is 5.56 Å². The highest BCUT2D eigenvalue weighted by Crippen LogP contribution is 2.13. The van der Waals surface area contributed by atoms with Crippen molar-refractivity contribution >= 4 is 11.0 Å². The average Bonchev–Trinajstić information content (AvgIpc) is 2.55. The minimum absolute atomic E-state index is 0.172. The molecule has 0 fully saturated rings. The maximum absolute atomic E-state index is 5.91. The van der Waals surface area contributed by atoms with Gasteiger partial charge in [-0.05, 0) is 38.5 Å². The molecule has 0 saturated heterocycles. The number of aryl methyl sites for hydroxylation is 1. The minimum atomic E-state index is -0.172. The number of hydrogen-bond donors (Lipinski definition) is 3. The Morgan fingerprint density at radius 2 is 2.18 bits per heavy atom. The van der Waals surface area contributed by atoms with Crippen LogP contribution in [0.1, 0.15) is 25.2 Å². The van der Waals surface area contributed by atoms with Crippen molar-refractivity contribution in [3.8, 4) is 0 Å². The van der Waals surface area contributed by atoms with E-state index in [2.05, 4.69) is 27.4 Å². The fourth-order valence-electron chi connectivity index (χ4n) is 1.82. The average molecular weight is 232 g/mol. The Labute approximate surface area is 102 Å². The molecule has 0 aliphatic carbocycles. The first-order chi connectivity index (χ1) is 7.94. The monoisotopic (exact) mass is 232 g/mol. The van der Waals surface area contributed by atoms with Crippen molar-refractivity contribution in [2.45, 2.75) is 32.9 Å². The molecule has 2 aromatic rings. The molecule has 2 rings (SSSR count). The molecule has 4 N–H and O–H groups in total. The lowest BCUT2D eigenvalue weighted by molar-refractivity contribution is 0.467. The van der Waals surface area contributed by atoms with Gasteiger partial charge in [-0.3, -0.25) is 0 Å². The number of imidazole rings is 1. The van der Waals surface area contributed by atoms with Crippen molar-refractivity contribution in [2.75, 3.05) is 6.54 Å². The zero-order chi connectivity index (χ0) is 12.5. The van der Waals surface area contributed by atoms with Gasteiger partial charge in [0.2, 0.25) is 0 Å². The van der Waals surface area contributed by atoms with Crippen LogP contribution in [-0.4, -0.2) is 22.1 Å². The van der Waals surface area contributed by atoms with E-state index in [0.29, 0.717) is 0 Å². The van der Waals surface area contributed by atoms with E-state index >= 15 is 0 Å². The van der Waals surface area contributed by atoms with Gasteiger partial charge in [-0.1, -0.05) is 6.07 Å². The van der Waals surface area contributed by atoms with Gasteiger partial charge in [-0.25, -0.2) is 4.98 Å². The molecule has 0 amide bonds. The van der Waals surface area contributed by atoms with Crippen molar-refractivity contribution in [2.24, 2.45) is 5.73 Å². The molecular weight excluding hydrogens is 212 g/mol. The number of nitrogens with one attached hydrogen (secondary N) is 2. The summed E-state index contributed by atoms with van der Waals surface area (Å²) in [6.07, 6.45) is 0. The van der Waals surface area contributed by atoms with E-state index in [9.17, 15) is 0 Å². The van der Waals surface area contributed by atoms with Gasteiger partial charge in [0.1, 0.15) is 5.82 Å². The molecule has 17 heavy (non-hydrogen) atoms. The molecule has 0 saturated carbocycles. The number of rotatable bonds is 4. The topological polar surface area (TPSA) is 66.7 Å². The zero-order valence-corrected chi connectivity index (χ0v) is 10.7. The maximum atomic E-state index is 5.91. The number of benzene rings is 1. The largest absolute Gasteiger partial charge is 0.342 e. The van der Waals surface area contributed by atoms with Crippen LogP contribution in [0.2, 0.25) is 0 Å². The molecule has 0 bridgehead atoms. The molecule has 1 aromatic carbocycles. The van der Waals surface area contributed by atoms with Crippen LogP contribution in [0.5, 0.6) is 0 Å². The summed E-state index contributed by atoms with van der Waals surface area (Å²) in [5.74, 6) is 0.952. The number of nitrogens with zero attached hydrogens (tertiary/aromatic N) is 1. The van der Waals surface area contributed by atoms with Crippen LogP contribution in [0.15, 0.2) is 18.2 Å². The van der Waals surface area contributed by atoms with Crippen LogP contribution in [0.4, 0.5) is 0 Å². The quantitative estimate of drug-likeness (QED) is 0.751.